The Morgan fingerprint density at radius 2 is 2.08 bits per heavy atom. The molecule has 5 heteroatoms. The number of benzene rings is 1. The number of nitrogens with zero attached hydrogens (tertiary/aromatic N) is 1. The molecule has 0 atom stereocenters. The standard InChI is InChI=1S/C7H2Br2FNS/c8-4-1-3(10)2-5-6(4)12-7(9)11-5/h1-2H. The van der Waals surface area contributed by atoms with E-state index in [-0.39, 0.29) is 5.82 Å². The fourth-order valence-electron chi connectivity index (χ4n) is 0.933. The van der Waals surface area contributed by atoms with Gasteiger partial charge in [0, 0.05) is 10.5 Å². The molecule has 1 aromatic heterocycles. The molecule has 12 heavy (non-hydrogen) atoms. The summed E-state index contributed by atoms with van der Waals surface area (Å²) in [6.07, 6.45) is 0. The summed E-state index contributed by atoms with van der Waals surface area (Å²) in [6.45, 7) is 0. The van der Waals surface area contributed by atoms with Crippen molar-refractivity contribution < 1.29 is 4.39 Å². The van der Waals surface area contributed by atoms with Gasteiger partial charge in [-0.25, -0.2) is 9.37 Å². The quantitative estimate of drug-likeness (QED) is 0.718. The molecule has 0 radical (unpaired) electrons. The largest absolute Gasteiger partial charge is 0.229 e. The molecule has 62 valence electrons. The Morgan fingerprint density at radius 3 is 2.83 bits per heavy atom. The predicted molar refractivity (Wildman–Crippen MR) is 55.0 cm³/mol. The molecule has 0 bridgehead atoms. The van der Waals surface area contributed by atoms with Crippen LogP contribution in [-0.4, -0.2) is 4.98 Å². The van der Waals surface area contributed by atoms with Crippen molar-refractivity contribution in [1.29, 1.82) is 0 Å². The van der Waals surface area contributed by atoms with Gasteiger partial charge in [-0.05, 0) is 37.9 Å². The SMILES string of the molecule is Fc1cc(Br)c2sc(Br)nc2c1. The average molecular weight is 311 g/mol. The minimum Gasteiger partial charge on any atom is -0.229 e. The molecule has 0 saturated heterocycles. The second kappa shape index (κ2) is 3.05. The van der Waals surface area contributed by atoms with Gasteiger partial charge in [-0.3, -0.25) is 0 Å². The monoisotopic (exact) mass is 309 g/mol. The van der Waals surface area contributed by atoms with Gasteiger partial charge in [-0.15, -0.1) is 11.3 Å². The van der Waals surface area contributed by atoms with Crippen molar-refractivity contribution in [3.05, 3.63) is 26.3 Å². The zero-order valence-electron chi connectivity index (χ0n) is 5.64. The first-order chi connectivity index (χ1) is 5.66. The molecule has 0 saturated carbocycles. The highest BCUT2D eigenvalue weighted by Gasteiger charge is 2.06. The lowest BCUT2D eigenvalue weighted by molar-refractivity contribution is 0.629. The van der Waals surface area contributed by atoms with Crippen molar-refractivity contribution in [2.45, 2.75) is 0 Å². The number of thiazole rings is 1. The van der Waals surface area contributed by atoms with E-state index in [1.54, 1.807) is 0 Å². The van der Waals surface area contributed by atoms with E-state index in [9.17, 15) is 4.39 Å². The van der Waals surface area contributed by atoms with Gasteiger partial charge >= 0.3 is 0 Å². The molecule has 2 aromatic rings. The topological polar surface area (TPSA) is 12.9 Å². The van der Waals surface area contributed by atoms with E-state index in [4.69, 9.17) is 0 Å². The minimum absolute atomic E-state index is 0.271. The fourth-order valence-corrected chi connectivity index (χ4v) is 2.95. The van der Waals surface area contributed by atoms with Gasteiger partial charge < -0.3 is 0 Å². The third kappa shape index (κ3) is 1.41. The molecule has 0 aliphatic rings. The predicted octanol–water partition coefficient (Wildman–Crippen LogP) is 3.96. The molecule has 0 aliphatic heterocycles. The van der Waals surface area contributed by atoms with Crippen LogP contribution in [0.1, 0.15) is 0 Å². The molecule has 0 amide bonds. The van der Waals surface area contributed by atoms with Crippen LogP contribution in [0.4, 0.5) is 4.39 Å². The number of aromatic nitrogens is 1. The zero-order valence-corrected chi connectivity index (χ0v) is 9.63. The Balaban J connectivity index is 2.88. The number of fused-ring (bicyclic) bond motifs is 1. The van der Waals surface area contributed by atoms with Crippen molar-refractivity contribution in [3.63, 3.8) is 0 Å². The number of hydrogen-bond acceptors (Lipinski definition) is 2. The number of halogens is 3. The van der Waals surface area contributed by atoms with Crippen LogP contribution in [0.2, 0.25) is 0 Å². The van der Waals surface area contributed by atoms with Crippen molar-refractivity contribution in [3.8, 4) is 0 Å². The van der Waals surface area contributed by atoms with Gasteiger partial charge in [0.15, 0.2) is 3.92 Å². The Kier molecular flexibility index (Phi) is 2.18. The zero-order chi connectivity index (χ0) is 8.72. The van der Waals surface area contributed by atoms with Gasteiger partial charge in [0.1, 0.15) is 5.82 Å². The van der Waals surface area contributed by atoms with Crippen molar-refractivity contribution >= 4 is 53.4 Å². The number of rotatable bonds is 0. The summed E-state index contributed by atoms with van der Waals surface area (Å²) >= 11 is 8.00. The van der Waals surface area contributed by atoms with Gasteiger partial charge in [-0.2, -0.15) is 0 Å². The van der Waals surface area contributed by atoms with E-state index in [1.807, 2.05) is 0 Å². The van der Waals surface area contributed by atoms with Crippen LogP contribution >= 0.6 is 43.2 Å². The molecule has 0 aliphatic carbocycles. The van der Waals surface area contributed by atoms with E-state index in [2.05, 4.69) is 36.8 Å². The van der Waals surface area contributed by atoms with Crippen LogP contribution in [0.5, 0.6) is 0 Å². The third-order valence-electron chi connectivity index (χ3n) is 1.38. The highest BCUT2D eigenvalue weighted by molar-refractivity contribution is 9.11. The van der Waals surface area contributed by atoms with Gasteiger partial charge in [0.05, 0.1) is 10.2 Å². The molecular weight excluding hydrogens is 309 g/mol. The van der Waals surface area contributed by atoms with Crippen LogP contribution in [0, 0.1) is 5.82 Å². The van der Waals surface area contributed by atoms with Crippen molar-refractivity contribution in [2.75, 3.05) is 0 Å². The summed E-state index contributed by atoms with van der Waals surface area (Å²) in [5.74, 6) is -0.271. The van der Waals surface area contributed by atoms with Gasteiger partial charge in [-0.1, -0.05) is 0 Å². The van der Waals surface area contributed by atoms with Gasteiger partial charge in [0.25, 0.3) is 0 Å². The fraction of sp³-hybridized carbons (Fsp3) is 0. The van der Waals surface area contributed by atoms with E-state index >= 15 is 0 Å². The highest BCUT2D eigenvalue weighted by atomic mass is 79.9. The lowest BCUT2D eigenvalue weighted by atomic mass is 10.3. The lowest BCUT2D eigenvalue weighted by Crippen LogP contribution is -1.74. The summed E-state index contributed by atoms with van der Waals surface area (Å²) in [5, 5.41) is 0. The molecule has 0 fully saturated rings. The number of hydrogen-bond donors (Lipinski definition) is 0. The summed E-state index contributed by atoms with van der Waals surface area (Å²) < 4.78 is 15.3. The Labute approximate surface area is 88.9 Å². The first-order valence-corrected chi connectivity index (χ1v) is 5.48. The average Bonchev–Trinajstić information content (AvgIpc) is 2.29. The maximum atomic E-state index is 12.8. The molecule has 0 unspecified atom stereocenters. The van der Waals surface area contributed by atoms with Crippen LogP contribution in [-0.2, 0) is 0 Å². The van der Waals surface area contributed by atoms with Crippen molar-refractivity contribution in [2.24, 2.45) is 0 Å². The third-order valence-corrected chi connectivity index (χ3v) is 3.83. The summed E-state index contributed by atoms with van der Waals surface area (Å²) in [4.78, 5) is 4.10. The minimum atomic E-state index is -0.271. The molecular formula is C7H2Br2FNS. The lowest BCUT2D eigenvalue weighted by Gasteiger charge is -1.91. The molecule has 1 aromatic carbocycles. The van der Waals surface area contributed by atoms with Crippen LogP contribution < -0.4 is 0 Å². The Hall–Kier alpha value is -0.0000000000000000555. The highest BCUT2D eigenvalue weighted by Crippen LogP contribution is 2.32. The van der Waals surface area contributed by atoms with E-state index in [0.717, 1.165) is 13.1 Å². The molecule has 0 spiro atoms. The maximum Gasteiger partial charge on any atom is 0.160 e. The second-order valence-electron chi connectivity index (χ2n) is 2.20. The van der Waals surface area contributed by atoms with Crippen LogP contribution in [0.15, 0.2) is 20.5 Å². The second-order valence-corrected chi connectivity index (χ2v) is 5.33. The smallest absolute Gasteiger partial charge is 0.160 e. The van der Waals surface area contributed by atoms with Crippen molar-refractivity contribution in [1.82, 2.24) is 4.98 Å². The molecule has 1 nitrogen and oxygen atoms in total. The Morgan fingerprint density at radius 1 is 1.33 bits per heavy atom. The summed E-state index contributed by atoms with van der Waals surface area (Å²) in [5.41, 5.74) is 0.679. The Bertz CT molecular complexity index is 440. The maximum absolute atomic E-state index is 12.8. The van der Waals surface area contributed by atoms with E-state index < -0.39 is 0 Å². The van der Waals surface area contributed by atoms with E-state index in [0.29, 0.717) is 5.52 Å². The molecule has 2 rings (SSSR count). The summed E-state index contributed by atoms with van der Waals surface area (Å²) in [6, 6.07) is 2.86. The first-order valence-electron chi connectivity index (χ1n) is 3.08. The molecule has 0 N–H and O–H groups in total. The van der Waals surface area contributed by atoms with E-state index in [1.165, 1.54) is 23.5 Å². The van der Waals surface area contributed by atoms with Gasteiger partial charge in [0.2, 0.25) is 0 Å². The summed E-state index contributed by atoms with van der Waals surface area (Å²) in [7, 11) is 0. The van der Waals surface area contributed by atoms with Crippen LogP contribution in [0.25, 0.3) is 10.2 Å². The normalized spacial score (nSPS) is 10.9. The first kappa shape index (κ1) is 8.59. The molecule has 1 heterocycles. The van der Waals surface area contributed by atoms with Crippen LogP contribution in [0.3, 0.4) is 0 Å².